The average Bonchev–Trinajstić information content (AvgIpc) is 3.42. The van der Waals surface area contributed by atoms with E-state index < -0.39 is 6.04 Å². The predicted molar refractivity (Wildman–Crippen MR) is 125 cm³/mol. The van der Waals surface area contributed by atoms with Gasteiger partial charge in [-0.15, -0.1) is 0 Å². The van der Waals surface area contributed by atoms with Crippen LogP contribution in [0.2, 0.25) is 10.0 Å². The number of H-pyrrole nitrogens is 2. The van der Waals surface area contributed by atoms with Gasteiger partial charge in [0.25, 0.3) is 5.91 Å². The highest BCUT2D eigenvalue weighted by molar-refractivity contribution is 6.42. The van der Waals surface area contributed by atoms with Gasteiger partial charge in [0.05, 0.1) is 10.0 Å². The fourth-order valence-corrected chi connectivity index (χ4v) is 3.75. The zero-order valence-electron chi connectivity index (χ0n) is 17.2. The number of aryl methyl sites for hydroxylation is 1. The fourth-order valence-electron chi connectivity index (χ4n) is 3.43. The van der Waals surface area contributed by atoms with Crippen LogP contribution in [0.1, 0.15) is 27.2 Å². The second-order valence-electron chi connectivity index (χ2n) is 7.49. The molecule has 0 saturated carbocycles. The van der Waals surface area contributed by atoms with Crippen LogP contribution < -0.4 is 10.6 Å². The van der Waals surface area contributed by atoms with Crippen LogP contribution in [0, 0.1) is 6.92 Å². The molecule has 4 aromatic rings. The van der Waals surface area contributed by atoms with E-state index in [0.717, 1.165) is 27.7 Å². The van der Waals surface area contributed by atoms with E-state index in [1.165, 1.54) is 0 Å². The molecule has 2 amide bonds. The molecule has 4 rings (SSSR count). The topological polar surface area (TPSA) is 103 Å². The van der Waals surface area contributed by atoms with Crippen LogP contribution >= 0.6 is 23.2 Å². The van der Waals surface area contributed by atoms with Crippen molar-refractivity contribution in [3.8, 4) is 0 Å². The molecule has 0 radical (unpaired) electrons. The summed E-state index contributed by atoms with van der Waals surface area (Å²) in [6.45, 7) is 2.10. The fraction of sp³-hybridized carbons (Fsp3) is 0.174. The Morgan fingerprint density at radius 1 is 1.03 bits per heavy atom. The molecule has 0 aliphatic heterocycles. The van der Waals surface area contributed by atoms with Crippen LogP contribution in [0.5, 0.6) is 0 Å². The van der Waals surface area contributed by atoms with Crippen molar-refractivity contribution in [2.24, 2.45) is 0 Å². The van der Waals surface area contributed by atoms with Gasteiger partial charge >= 0.3 is 0 Å². The quantitative estimate of drug-likeness (QED) is 0.326. The van der Waals surface area contributed by atoms with Gasteiger partial charge in [-0.1, -0.05) is 29.3 Å². The van der Waals surface area contributed by atoms with Gasteiger partial charge in [-0.25, -0.2) is 4.98 Å². The zero-order chi connectivity index (χ0) is 22.7. The first kappa shape index (κ1) is 21.9. The van der Waals surface area contributed by atoms with Crippen molar-refractivity contribution in [3.05, 3.63) is 87.4 Å². The highest BCUT2D eigenvalue weighted by Crippen LogP contribution is 2.23. The van der Waals surface area contributed by atoms with Crippen LogP contribution in [0.25, 0.3) is 11.0 Å². The number of carbonyl (C=O) groups excluding carboxylic acids is 2. The maximum Gasteiger partial charge on any atom is 0.268 e. The van der Waals surface area contributed by atoms with Crippen LogP contribution in [-0.2, 0) is 17.8 Å². The molecule has 0 aliphatic rings. The monoisotopic (exact) mass is 469 g/mol. The normalized spacial score (nSPS) is 12.0. The van der Waals surface area contributed by atoms with E-state index in [9.17, 15) is 9.59 Å². The summed E-state index contributed by atoms with van der Waals surface area (Å²) in [5, 5.41) is 7.49. The smallest absolute Gasteiger partial charge is 0.268 e. The number of hydrogen-bond donors (Lipinski definition) is 4. The number of aromatic amines is 2. The molecule has 0 saturated heterocycles. The minimum absolute atomic E-state index is 0.253. The molecule has 1 atom stereocenters. The number of carbonyl (C=O) groups is 2. The number of nitrogens with zero attached hydrogens (tertiary/aromatic N) is 1. The van der Waals surface area contributed by atoms with Gasteiger partial charge in [0.2, 0.25) is 5.91 Å². The Hall–Kier alpha value is -3.29. The lowest BCUT2D eigenvalue weighted by atomic mass is 10.0. The lowest BCUT2D eigenvalue weighted by Crippen LogP contribution is -2.48. The van der Waals surface area contributed by atoms with Crippen LogP contribution in [-0.4, -0.2) is 32.8 Å². The Bertz CT molecular complexity index is 1280. The molecule has 9 heteroatoms. The molecule has 4 N–H and O–H groups in total. The second kappa shape index (κ2) is 9.46. The van der Waals surface area contributed by atoms with Crippen molar-refractivity contribution in [1.82, 2.24) is 25.6 Å². The minimum atomic E-state index is -0.814. The van der Waals surface area contributed by atoms with Crippen molar-refractivity contribution in [1.29, 1.82) is 0 Å². The first-order valence-corrected chi connectivity index (χ1v) is 10.7. The first-order valence-electron chi connectivity index (χ1n) is 9.99. The molecule has 3 aromatic heterocycles. The molecule has 1 aromatic carbocycles. The van der Waals surface area contributed by atoms with Crippen molar-refractivity contribution < 1.29 is 9.59 Å². The molecular formula is C23H21Cl2N5O2. The van der Waals surface area contributed by atoms with Gasteiger partial charge in [0.1, 0.15) is 17.4 Å². The third-order valence-electron chi connectivity index (χ3n) is 5.15. The van der Waals surface area contributed by atoms with Crippen LogP contribution in [0.3, 0.4) is 0 Å². The lowest BCUT2D eigenvalue weighted by Gasteiger charge is -2.19. The van der Waals surface area contributed by atoms with Gasteiger partial charge in [-0.05, 0) is 53.9 Å². The predicted octanol–water partition coefficient (Wildman–Crippen LogP) is 4.16. The molecule has 0 fully saturated rings. The van der Waals surface area contributed by atoms with Crippen molar-refractivity contribution in [3.63, 3.8) is 0 Å². The molecule has 0 spiro atoms. The van der Waals surface area contributed by atoms with Crippen molar-refractivity contribution in [2.75, 3.05) is 0 Å². The summed E-state index contributed by atoms with van der Waals surface area (Å²) in [5.74, 6) is -0.675. The molecule has 0 unspecified atom stereocenters. The summed E-state index contributed by atoms with van der Waals surface area (Å²) in [7, 11) is 0. The van der Waals surface area contributed by atoms with E-state index >= 15 is 0 Å². The summed E-state index contributed by atoms with van der Waals surface area (Å²) in [5.41, 5.74) is 3.62. The number of pyridine rings is 1. The molecule has 0 bridgehead atoms. The third-order valence-corrected chi connectivity index (χ3v) is 5.89. The number of nitrogens with one attached hydrogen (secondary N) is 4. The van der Waals surface area contributed by atoms with E-state index in [2.05, 4.69) is 25.6 Å². The Labute approximate surface area is 194 Å². The standard InChI is InChI=1S/C23H21Cl2N5O2/c1-13-4-6-26-20(13)23(32)30-19(10-14-2-3-17(24)18(25)9-14)22(31)29-12-15-8-16-5-7-27-21(16)28-11-15/h2-9,11,19,26H,10,12H2,1H3,(H,27,28)(H,29,31)(H,30,32)/t19-/m0/s1. The Balaban J connectivity index is 1.50. The second-order valence-corrected chi connectivity index (χ2v) is 8.31. The molecular weight excluding hydrogens is 449 g/mol. The Kier molecular flexibility index (Phi) is 6.48. The number of rotatable bonds is 7. The molecule has 3 heterocycles. The van der Waals surface area contributed by atoms with Gasteiger partial charge in [-0.2, -0.15) is 0 Å². The van der Waals surface area contributed by atoms with E-state index in [1.807, 2.05) is 25.3 Å². The highest BCUT2D eigenvalue weighted by Gasteiger charge is 2.23. The summed E-state index contributed by atoms with van der Waals surface area (Å²) in [4.78, 5) is 36.1. The van der Waals surface area contributed by atoms with Crippen LogP contribution in [0.4, 0.5) is 0 Å². The van der Waals surface area contributed by atoms with E-state index in [1.54, 1.807) is 36.7 Å². The first-order chi connectivity index (χ1) is 15.4. The summed E-state index contributed by atoms with van der Waals surface area (Å²) in [6.07, 6.45) is 5.45. The molecule has 0 aliphatic carbocycles. The molecule has 7 nitrogen and oxygen atoms in total. The number of benzene rings is 1. The van der Waals surface area contributed by atoms with Gasteiger partial charge < -0.3 is 20.6 Å². The van der Waals surface area contributed by atoms with Crippen LogP contribution in [0.15, 0.2) is 55.0 Å². The highest BCUT2D eigenvalue weighted by atomic mass is 35.5. The average molecular weight is 470 g/mol. The number of amides is 2. The van der Waals surface area contributed by atoms with Crippen molar-refractivity contribution in [2.45, 2.75) is 25.9 Å². The third kappa shape index (κ3) is 4.95. The van der Waals surface area contributed by atoms with Gasteiger partial charge in [0, 0.05) is 36.9 Å². The molecule has 164 valence electrons. The van der Waals surface area contributed by atoms with E-state index in [0.29, 0.717) is 15.7 Å². The van der Waals surface area contributed by atoms with Gasteiger partial charge in [-0.3, -0.25) is 9.59 Å². The Morgan fingerprint density at radius 2 is 1.84 bits per heavy atom. The molecule has 32 heavy (non-hydrogen) atoms. The SMILES string of the molecule is Cc1cc[nH]c1C(=O)N[C@@H](Cc1ccc(Cl)c(Cl)c1)C(=O)NCc1cnc2[nH]ccc2c1. The maximum atomic E-state index is 13.1. The van der Waals surface area contributed by atoms with E-state index in [4.69, 9.17) is 23.2 Å². The van der Waals surface area contributed by atoms with Crippen molar-refractivity contribution >= 4 is 46.0 Å². The summed E-state index contributed by atoms with van der Waals surface area (Å²) >= 11 is 12.1. The summed E-state index contributed by atoms with van der Waals surface area (Å²) < 4.78 is 0. The minimum Gasteiger partial charge on any atom is -0.357 e. The zero-order valence-corrected chi connectivity index (χ0v) is 18.7. The lowest BCUT2D eigenvalue weighted by molar-refractivity contribution is -0.123. The maximum absolute atomic E-state index is 13.1. The number of halogens is 2. The number of hydrogen-bond acceptors (Lipinski definition) is 3. The largest absolute Gasteiger partial charge is 0.357 e. The summed E-state index contributed by atoms with van der Waals surface area (Å²) in [6, 6.07) is 10.00. The Morgan fingerprint density at radius 3 is 2.59 bits per heavy atom. The van der Waals surface area contributed by atoms with E-state index in [-0.39, 0.29) is 24.8 Å². The number of aromatic nitrogens is 3. The van der Waals surface area contributed by atoms with Gasteiger partial charge in [0.15, 0.2) is 0 Å². The number of fused-ring (bicyclic) bond motifs is 1.